The first-order valence-electron chi connectivity index (χ1n) is 22.0. The van der Waals surface area contributed by atoms with Crippen LogP contribution in [0.3, 0.4) is 0 Å². The number of amides is 4. The van der Waals surface area contributed by atoms with Crippen LogP contribution in [0.1, 0.15) is 17.5 Å². The molecule has 0 aliphatic heterocycles. The Bertz CT molecular complexity index is 3410. The van der Waals surface area contributed by atoms with Crippen LogP contribution in [0.4, 0.5) is 32.3 Å². The van der Waals surface area contributed by atoms with E-state index in [1.807, 2.05) is 6.07 Å². The Morgan fingerprint density at radius 2 is 0.959 bits per heavy atom. The molecule has 6 aromatic carbocycles. The van der Waals surface area contributed by atoms with Crippen LogP contribution in [0, 0.1) is 22.7 Å². The Kier molecular flexibility index (Phi) is 17.6. The Morgan fingerprint density at radius 1 is 0.548 bits per heavy atom. The Hall–Kier alpha value is -9.40. The second-order valence-corrected chi connectivity index (χ2v) is 15.3. The van der Waals surface area contributed by atoms with E-state index in [9.17, 15) is 20.0 Å². The van der Waals surface area contributed by atoms with E-state index in [0.717, 1.165) is 0 Å². The normalized spacial score (nSPS) is 10.2. The Labute approximate surface area is 440 Å². The van der Waals surface area contributed by atoms with Gasteiger partial charge in [-0.3, -0.25) is 9.97 Å². The number of nitrogens with one attached hydrogen (secondary N) is 4. The molecule has 9 rings (SSSR count). The molecule has 0 aliphatic rings. The molecule has 0 aliphatic carbocycles. The smallest absolute Gasteiger partial charge is 0.872 e. The average Bonchev–Trinajstić information content (AvgIpc) is 3.93. The van der Waals surface area contributed by atoms with E-state index in [4.69, 9.17) is 28.9 Å². The maximum Gasteiger partial charge on any atom is 1.00 e. The molecule has 0 saturated carbocycles. The van der Waals surface area contributed by atoms with Gasteiger partial charge < -0.3 is 50.1 Å². The predicted molar refractivity (Wildman–Crippen MR) is 267 cm³/mol. The molecule has 3 aromatic heterocycles. The summed E-state index contributed by atoms with van der Waals surface area (Å²) in [5.74, 6) is 3.55. The maximum atomic E-state index is 12.3. The van der Waals surface area contributed by atoms with Gasteiger partial charge in [0.2, 0.25) is 0 Å². The van der Waals surface area contributed by atoms with Gasteiger partial charge in [-0.25, -0.2) is 9.59 Å². The number of ether oxygens (including phenoxy) is 5. The summed E-state index contributed by atoms with van der Waals surface area (Å²) in [7, 11) is 3.16. The third-order valence-corrected chi connectivity index (χ3v) is 10.4. The molecule has 358 valence electrons. The summed E-state index contributed by atoms with van der Waals surface area (Å²) >= 11 is 0. The van der Waals surface area contributed by atoms with Gasteiger partial charge in [0.15, 0.2) is 0 Å². The third-order valence-electron chi connectivity index (χ3n) is 10.4. The summed E-state index contributed by atoms with van der Waals surface area (Å²) in [6, 6.07) is 40.7. The molecule has 3 heterocycles. The van der Waals surface area contributed by atoms with Gasteiger partial charge in [-0.05, 0) is 127 Å². The van der Waals surface area contributed by atoms with Crippen molar-refractivity contribution in [2.75, 3.05) is 42.1 Å². The zero-order valence-electron chi connectivity index (χ0n) is 39.5. The molecule has 0 spiro atoms. The molecular formula is C53H42N11NaO8. The number of hydrogen-bond acceptors (Lipinski definition) is 14. The number of benzene rings is 6. The van der Waals surface area contributed by atoms with Crippen molar-refractivity contribution in [1.82, 2.24) is 25.0 Å². The van der Waals surface area contributed by atoms with Crippen molar-refractivity contribution in [3.63, 3.8) is 0 Å². The standard InChI is InChI=1S/C29H25N7O4.C24H18N4O4.Na/c1-38-23-7-3-21(4-8-23)34-29(37)35-22-5-9-24(10-6-22)40-27-11-12-31-26-18-28(20(19-30)17-25(26)27)39-16-2-15-36-32-13-14-33-36;1-31-18-6-2-16(3-7-18)27-24(30)28-17-4-8-19(9-5-17)32-23-10-11-26-21-13-22(29)15(14-25)12-20(21)23;/h3-14,17-18H,2,15-16H2,1H3,(H2,34,35,37);2-13,29H,1H3,(H2,27,28,30);/q;;+1/p-1. The topological polar surface area (TPSA) is 256 Å². The number of carbonyl (C=O) groups excluding carboxylic acids is 2. The van der Waals surface area contributed by atoms with Crippen LogP contribution in [-0.2, 0) is 6.54 Å². The summed E-state index contributed by atoms with van der Waals surface area (Å²) in [5.41, 5.74) is 3.92. The summed E-state index contributed by atoms with van der Waals surface area (Å²) < 4.78 is 28.1. The zero-order chi connectivity index (χ0) is 50.2. The quantitative estimate of drug-likeness (QED) is 0.0584. The summed E-state index contributed by atoms with van der Waals surface area (Å²) in [4.78, 5) is 34.7. The number of hydrogen-bond donors (Lipinski definition) is 4. The van der Waals surface area contributed by atoms with Gasteiger partial charge in [-0.15, -0.1) is 0 Å². The number of aromatic nitrogens is 5. The first-order valence-corrected chi connectivity index (χ1v) is 22.0. The van der Waals surface area contributed by atoms with Gasteiger partial charge in [-0.1, -0.05) is 5.75 Å². The van der Waals surface area contributed by atoms with Crippen molar-refractivity contribution in [3.05, 3.63) is 169 Å². The van der Waals surface area contributed by atoms with Crippen LogP contribution in [0.2, 0.25) is 0 Å². The van der Waals surface area contributed by atoms with Crippen LogP contribution >= 0.6 is 0 Å². The van der Waals surface area contributed by atoms with Crippen LogP contribution < -0.4 is 79.6 Å². The summed E-state index contributed by atoms with van der Waals surface area (Å²) in [6.07, 6.45) is 7.09. The molecule has 19 nitrogen and oxygen atoms in total. The van der Waals surface area contributed by atoms with E-state index >= 15 is 0 Å². The number of methoxy groups -OCH3 is 2. The molecule has 4 amide bonds. The number of anilines is 4. The van der Waals surface area contributed by atoms with E-state index in [0.29, 0.717) is 110 Å². The minimum Gasteiger partial charge on any atom is -0.872 e. The van der Waals surface area contributed by atoms with Crippen molar-refractivity contribution >= 4 is 56.6 Å². The first kappa shape index (κ1) is 51.5. The molecular weight excluding hydrogens is 942 g/mol. The number of nitrogens with zero attached hydrogens (tertiary/aromatic N) is 7. The summed E-state index contributed by atoms with van der Waals surface area (Å²) in [6.45, 7) is 1.01. The average molecular weight is 984 g/mol. The molecule has 0 fully saturated rings. The van der Waals surface area contributed by atoms with E-state index in [-0.39, 0.29) is 52.9 Å². The number of carbonyl (C=O) groups is 2. The van der Waals surface area contributed by atoms with Gasteiger partial charge in [0.1, 0.15) is 46.3 Å². The second-order valence-electron chi connectivity index (χ2n) is 15.3. The van der Waals surface area contributed by atoms with Gasteiger partial charge in [0, 0.05) is 64.0 Å². The fourth-order valence-corrected chi connectivity index (χ4v) is 6.92. The van der Waals surface area contributed by atoms with Crippen LogP contribution in [0.15, 0.2) is 158 Å². The minimum atomic E-state index is -0.388. The van der Waals surface area contributed by atoms with Gasteiger partial charge in [0.05, 0.1) is 62.4 Å². The molecule has 9 aromatic rings. The van der Waals surface area contributed by atoms with E-state index < -0.39 is 0 Å². The largest absolute Gasteiger partial charge is 1.00 e. The minimum absolute atomic E-state index is 0. The molecule has 20 heteroatoms. The fourth-order valence-electron chi connectivity index (χ4n) is 6.92. The molecule has 0 bridgehead atoms. The molecule has 0 unspecified atom stereocenters. The van der Waals surface area contributed by atoms with E-state index in [2.05, 4.69) is 47.5 Å². The second kappa shape index (κ2) is 24.9. The SMILES string of the molecule is COc1ccc(NC(=O)Nc2ccc(Oc3ccnc4cc(OCCCn5nccn5)c(C#N)cc34)cc2)cc1.COc1ccc(NC(=O)Nc2ccc(Oc3ccnc4cc([O-])c(C#N)cc34)cc2)cc1.[Na+]. The number of urea groups is 2. The molecule has 0 atom stereocenters. The van der Waals surface area contributed by atoms with Gasteiger partial charge >= 0.3 is 41.6 Å². The molecule has 73 heavy (non-hydrogen) atoms. The van der Waals surface area contributed by atoms with Crippen LogP contribution in [0.5, 0.6) is 46.0 Å². The summed E-state index contributed by atoms with van der Waals surface area (Å²) in [5, 5.41) is 51.1. The van der Waals surface area contributed by atoms with Crippen LogP contribution in [-0.4, -0.2) is 57.9 Å². The molecule has 0 saturated heterocycles. The fraction of sp³-hybridized carbons (Fsp3) is 0.0943. The number of aryl methyl sites for hydroxylation is 1. The maximum absolute atomic E-state index is 12.3. The van der Waals surface area contributed by atoms with Gasteiger partial charge in [0.25, 0.3) is 0 Å². The van der Waals surface area contributed by atoms with Crippen molar-refractivity contribution in [2.45, 2.75) is 13.0 Å². The van der Waals surface area contributed by atoms with Crippen molar-refractivity contribution < 1.29 is 67.9 Å². The Morgan fingerprint density at radius 3 is 1.38 bits per heavy atom. The molecule has 0 radical (unpaired) electrons. The zero-order valence-corrected chi connectivity index (χ0v) is 41.5. The monoisotopic (exact) mass is 983 g/mol. The number of fused-ring (bicyclic) bond motifs is 2. The number of pyridine rings is 2. The third kappa shape index (κ3) is 13.9. The van der Waals surface area contributed by atoms with Crippen LogP contribution in [0.25, 0.3) is 21.8 Å². The first-order chi connectivity index (χ1) is 35.2. The van der Waals surface area contributed by atoms with Crippen molar-refractivity contribution in [3.8, 4) is 58.1 Å². The molecule has 4 N–H and O–H groups in total. The van der Waals surface area contributed by atoms with E-state index in [1.165, 1.54) is 18.3 Å². The Balaban J connectivity index is 0.000000216. The van der Waals surface area contributed by atoms with Gasteiger partial charge in [-0.2, -0.15) is 25.5 Å². The van der Waals surface area contributed by atoms with E-state index in [1.54, 1.807) is 159 Å². The van der Waals surface area contributed by atoms with Crippen molar-refractivity contribution in [1.29, 1.82) is 10.5 Å². The van der Waals surface area contributed by atoms with Crippen molar-refractivity contribution in [2.24, 2.45) is 0 Å². The predicted octanol–water partition coefficient (Wildman–Crippen LogP) is 7.24. The number of nitriles is 2. The number of rotatable bonds is 15.